The van der Waals surface area contributed by atoms with E-state index in [4.69, 9.17) is 4.74 Å². The average molecular weight is 427 g/mol. The zero-order valence-electron chi connectivity index (χ0n) is 18.6. The summed E-state index contributed by atoms with van der Waals surface area (Å²) in [4.78, 5) is 15.7. The average Bonchev–Trinajstić information content (AvgIpc) is 3.18. The van der Waals surface area contributed by atoms with E-state index in [0.717, 1.165) is 27.7 Å². The van der Waals surface area contributed by atoms with E-state index in [2.05, 4.69) is 21.7 Å². The molecule has 3 N–H and O–H groups in total. The first-order chi connectivity index (χ1) is 15.6. The number of carbonyl (C=O) groups is 1. The summed E-state index contributed by atoms with van der Waals surface area (Å²) in [5.74, 6) is 0.711. The molecule has 0 fully saturated rings. The van der Waals surface area contributed by atoms with Crippen molar-refractivity contribution in [2.75, 3.05) is 17.7 Å². The highest BCUT2D eigenvalue weighted by atomic mass is 16.5. The second-order valence-corrected chi connectivity index (χ2v) is 6.93. The van der Waals surface area contributed by atoms with Crippen LogP contribution in [0, 0.1) is 18.3 Å². The van der Waals surface area contributed by atoms with Crippen LogP contribution in [0.5, 0.6) is 5.75 Å². The summed E-state index contributed by atoms with van der Waals surface area (Å²) in [6.45, 7) is 5.97. The minimum atomic E-state index is -0.334. The highest BCUT2D eigenvalue weighted by Gasteiger charge is 2.14. The number of fused-ring (bicyclic) bond motifs is 1. The van der Waals surface area contributed by atoms with Crippen LogP contribution in [0.15, 0.2) is 66.7 Å². The molecule has 3 aromatic carbocycles. The third kappa shape index (κ3) is 4.90. The van der Waals surface area contributed by atoms with Crippen molar-refractivity contribution in [2.24, 2.45) is 0 Å². The molecule has 162 valence electrons. The lowest BCUT2D eigenvalue weighted by molar-refractivity contribution is 0.262. The standard InChI is InChI=1S/C24H20N4O2.C2H6/c1-15-5-3-7-17(11-15)26-24(29)27-18-8-4-6-16(12-18)23-21(14-25)20-10-9-19(30-2)13-22(20)28-23;1-2/h3-13,28H,1-2H3,(H2,26,27,29);1-2H3. The van der Waals surface area contributed by atoms with Crippen LogP contribution in [0.1, 0.15) is 25.0 Å². The molecule has 0 aliphatic rings. The molecular weight excluding hydrogens is 400 g/mol. The highest BCUT2D eigenvalue weighted by molar-refractivity contribution is 6.00. The van der Waals surface area contributed by atoms with Gasteiger partial charge in [0.25, 0.3) is 0 Å². The Morgan fingerprint density at radius 2 is 1.66 bits per heavy atom. The van der Waals surface area contributed by atoms with E-state index in [1.165, 1.54) is 0 Å². The van der Waals surface area contributed by atoms with Crippen LogP contribution >= 0.6 is 0 Å². The van der Waals surface area contributed by atoms with E-state index in [-0.39, 0.29) is 6.03 Å². The van der Waals surface area contributed by atoms with Gasteiger partial charge in [-0.25, -0.2) is 4.79 Å². The molecule has 4 rings (SSSR count). The summed E-state index contributed by atoms with van der Waals surface area (Å²) in [6.07, 6.45) is 0. The van der Waals surface area contributed by atoms with Gasteiger partial charge in [0, 0.05) is 28.4 Å². The molecule has 2 amide bonds. The number of nitrogens with zero attached hydrogens (tertiary/aromatic N) is 1. The van der Waals surface area contributed by atoms with Crippen molar-refractivity contribution in [3.05, 3.63) is 77.9 Å². The summed E-state index contributed by atoms with van der Waals surface area (Å²) in [5, 5.41) is 16.2. The Balaban J connectivity index is 0.00000141. The SMILES string of the molecule is CC.COc1ccc2c(C#N)c(-c3cccc(NC(=O)Nc4cccc(C)c4)c3)[nH]c2c1. The molecule has 32 heavy (non-hydrogen) atoms. The number of hydrogen-bond acceptors (Lipinski definition) is 3. The fourth-order valence-corrected chi connectivity index (χ4v) is 3.40. The fourth-order valence-electron chi connectivity index (χ4n) is 3.40. The maximum atomic E-state index is 12.4. The molecule has 0 aliphatic heterocycles. The number of rotatable bonds is 4. The molecule has 0 unspecified atom stereocenters. The molecule has 6 heteroatoms. The van der Waals surface area contributed by atoms with Gasteiger partial charge in [-0.2, -0.15) is 5.26 Å². The normalized spacial score (nSPS) is 9.97. The quantitative estimate of drug-likeness (QED) is 0.339. The molecule has 0 aliphatic carbocycles. The fraction of sp³-hybridized carbons (Fsp3) is 0.154. The van der Waals surface area contributed by atoms with E-state index in [1.807, 2.05) is 81.4 Å². The van der Waals surface area contributed by atoms with Gasteiger partial charge in [-0.05, 0) is 48.9 Å². The number of nitrogens with one attached hydrogen (secondary N) is 3. The van der Waals surface area contributed by atoms with Crippen molar-refractivity contribution in [2.45, 2.75) is 20.8 Å². The van der Waals surface area contributed by atoms with Crippen molar-refractivity contribution in [3.8, 4) is 23.1 Å². The minimum absolute atomic E-state index is 0.334. The van der Waals surface area contributed by atoms with Gasteiger partial charge in [-0.3, -0.25) is 0 Å². The molecular formula is C26H26N4O2. The molecule has 4 aromatic rings. The topological polar surface area (TPSA) is 89.9 Å². The number of methoxy groups -OCH3 is 1. The van der Waals surface area contributed by atoms with Gasteiger partial charge >= 0.3 is 6.03 Å². The summed E-state index contributed by atoms with van der Waals surface area (Å²) in [6, 6.07) is 22.5. The number of nitriles is 1. The summed E-state index contributed by atoms with van der Waals surface area (Å²) >= 11 is 0. The van der Waals surface area contributed by atoms with Crippen LogP contribution in [0.25, 0.3) is 22.2 Å². The Kier molecular flexibility index (Phi) is 7.14. The number of amides is 2. The second kappa shape index (κ2) is 10.2. The minimum Gasteiger partial charge on any atom is -0.497 e. The molecule has 0 radical (unpaired) electrons. The highest BCUT2D eigenvalue weighted by Crippen LogP contribution is 2.32. The van der Waals surface area contributed by atoms with Gasteiger partial charge in [0.15, 0.2) is 0 Å². The molecule has 0 atom stereocenters. The maximum Gasteiger partial charge on any atom is 0.323 e. The van der Waals surface area contributed by atoms with Crippen molar-refractivity contribution in [1.29, 1.82) is 5.26 Å². The van der Waals surface area contributed by atoms with Crippen LogP contribution in [0.3, 0.4) is 0 Å². The van der Waals surface area contributed by atoms with E-state index >= 15 is 0 Å². The first kappa shape index (κ1) is 22.4. The molecule has 1 heterocycles. The van der Waals surface area contributed by atoms with Gasteiger partial charge in [0.2, 0.25) is 0 Å². The monoisotopic (exact) mass is 426 g/mol. The molecule has 0 bridgehead atoms. The van der Waals surface area contributed by atoms with E-state index in [0.29, 0.717) is 22.7 Å². The first-order valence-electron chi connectivity index (χ1n) is 10.4. The number of aromatic nitrogens is 1. The van der Waals surface area contributed by atoms with E-state index < -0.39 is 0 Å². The van der Waals surface area contributed by atoms with Gasteiger partial charge in [-0.15, -0.1) is 0 Å². The number of anilines is 2. The van der Waals surface area contributed by atoms with Crippen molar-refractivity contribution >= 4 is 28.3 Å². The predicted molar refractivity (Wildman–Crippen MR) is 130 cm³/mol. The Morgan fingerprint density at radius 3 is 2.31 bits per heavy atom. The summed E-state index contributed by atoms with van der Waals surface area (Å²) < 4.78 is 5.27. The Labute approximate surface area is 187 Å². The summed E-state index contributed by atoms with van der Waals surface area (Å²) in [5.41, 5.74) is 5.27. The zero-order chi connectivity index (χ0) is 23.1. The Bertz CT molecular complexity index is 1280. The predicted octanol–water partition coefficient (Wildman–Crippen LogP) is 6.69. The van der Waals surface area contributed by atoms with E-state index in [9.17, 15) is 10.1 Å². The first-order valence-corrected chi connectivity index (χ1v) is 10.4. The number of H-pyrrole nitrogens is 1. The molecule has 0 spiro atoms. The Morgan fingerprint density at radius 1 is 0.969 bits per heavy atom. The molecule has 0 saturated heterocycles. The van der Waals surface area contributed by atoms with E-state index in [1.54, 1.807) is 13.2 Å². The number of benzene rings is 3. The van der Waals surface area contributed by atoms with Crippen molar-refractivity contribution in [3.63, 3.8) is 0 Å². The van der Waals surface area contributed by atoms with Crippen LogP contribution in [-0.2, 0) is 0 Å². The zero-order valence-corrected chi connectivity index (χ0v) is 18.6. The van der Waals surface area contributed by atoms with Crippen LogP contribution in [0.2, 0.25) is 0 Å². The van der Waals surface area contributed by atoms with Crippen LogP contribution in [0.4, 0.5) is 16.2 Å². The van der Waals surface area contributed by atoms with Crippen molar-refractivity contribution < 1.29 is 9.53 Å². The number of urea groups is 1. The lowest BCUT2D eigenvalue weighted by Crippen LogP contribution is -2.19. The van der Waals surface area contributed by atoms with Crippen LogP contribution < -0.4 is 15.4 Å². The maximum absolute atomic E-state index is 12.4. The van der Waals surface area contributed by atoms with Crippen LogP contribution in [-0.4, -0.2) is 18.1 Å². The molecule has 0 saturated carbocycles. The molecule has 6 nitrogen and oxygen atoms in total. The third-order valence-corrected chi connectivity index (χ3v) is 4.80. The van der Waals surface area contributed by atoms with Gasteiger partial charge in [0.1, 0.15) is 11.8 Å². The van der Waals surface area contributed by atoms with Gasteiger partial charge in [0.05, 0.1) is 23.9 Å². The second-order valence-electron chi connectivity index (χ2n) is 6.93. The number of carbonyl (C=O) groups excluding carboxylic acids is 1. The van der Waals surface area contributed by atoms with Gasteiger partial charge < -0.3 is 20.4 Å². The number of aryl methyl sites for hydroxylation is 1. The Hall–Kier alpha value is -4.24. The number of aromatic amines is 1. The number of hydrogen-bond donors (Lipinski definition) is 3. The lowest BCUT2D eigenvalue weighted by Gasteiger charge is -2.09. The summed E-state index contributed by atoms with van der Waals surface area (Å²) in [7, 11) is 1.60. The lowest BCUT2D eigenvalue weighted by atomic mass is 10.1. The largest absolute Gasteiger partial charge is 0.497 e. The smallest absolute Gasteiger partial charge is 0.323 e. The molecule has 1 aromatic heterocycles. The van der Waals surface area contributed by atoms with Crippen molar-refractivity contribution in [1.82, 2.24) is 4.98 Å². The number of ether oxygens (including phenoxy) is 1. The third-order valence-electron chi connectivity index (χ3n) is 4.80. The van der Waals surface area contributed by atoms with Gasteiger partial charge in [-0.1, -0.05) is 38.1 Å².